The molecule has 0 aromatic heterocycles. The lowest BCUT2D eigenvalue weighted by molar-refractivity contribution is -0.123. The van der Waals surface area contributed by atoms with Gasteiger partial charge in [-0.3, -0.25) is 4.79 Å². The zero-order chi connectivity index (χ0) is 16.5. The fourth-order valence-corrected chi connectivity index (χ4v) is 2.39. The molecular weight excluding hydrogens is 286 g/mol. The third kappa shape index (κ3) is 6.15. The Labute approximate surface area is 138 Å². The van der Waals surface area contributed by atoms with Crippen molar-refractivity contribution in [3.05, 3.63) is 65.7 Å². The molecule has 1 amide bonds. The van der Waals surface area contributed by atoms with E-state index >= 15 is 0 Å². The van der Waals surface area contributed by atoms with Gasteiger partial charge in [-0.15, -0.1) is 0 Å². The standard InChI is InChI=1S/C20H25NO2/c1-3-17-11-13-19(14-12-17)23-15-20(22)21-16(2)9-10-18-7-5-4-6-8-18/h4-8,11-14,16H,3,9-10,15H2,1-2H3,(H,21,22). The summed E-state index contributed by atoms with van der Waals surface area (Å²) in [6.45, 7) is 4.19. The van der Waals surface area contributed by atoms with Gasteiger partial charge in [-0.1, -0.05) is 49.4 Å². The smallest absolute Gasteiger partial charge is 0.258 e. The maximum atomic E-state index is 11.9. The predicted molar refractivity (Wildman–Crippen MR) is 93.7 cm³/mol. The number of carbonyl (C=O) groups excluding carboxylic acids is 1. The van der Waals surface area contributed by atoms with Crippen LogP contribution in [-0.2, 0) is 17.6 Å². The molecule has 0 heterocycles. The topological polar surface area (TPSA) is 38.3 Å². The summed E-state index contributed by atoms with van der Waals surface area (Å²) in [6, 6.07) is 18.3. The van der Waals surface area contributed by atoms with Crippen molar-refractivity contribution < 1.29 is 9.53 Å². The van der Waals surface area contributed by atoms with Crippen molar-refractivity contribution in [2.45, 2.75) is 39.2 Å². The molecule has 3 nitrogen and oxygen atoms in total. The van der Waals surface area contributed by atoms with Gasteiger partial charge in [-0.25, -0.2) is 0 Å². The highest BCUT2D eigenvalue weighted by Crippen LogP contribution is 2.12. The van der Waals surface area contributed by atoms with Crippen molar-refractivity contribution in [1.82, 2.24) is 5.32 Å². The number of amides is 1. The highest BCUT2D eigenvalue weighted by atomic mass is 16.5. The van der Waals surface area contributed by atoms with Crippen LogP contribution < -0.4 is 10.1 Å². The Morgan fingerprint density at radius 1 is 1.04 bits per heavy atom. The van der Waals surface area contributed by atoms with Crippen molar-refractivity contribution in [2.75, 3.05) is 6.61 Å². The first-order valence-corrected chi connectivity index (χ1v) is 8.22. The minimum Gasteiger partial charge on any atom is -0.484 e. The van der Waals surface area contributed by atoms with Gasteiger partial charge in [0.25, 0.3) is 5.91 Å². The Hall–Kier alpha value is -2.29. The average molecular weight is 311 g/mol. The van der Waals surface area contributed by atoms with Crippen molar-refractivity contribution in [3.63, 3.8) is 0 Å². The number of hydrogen-bond donors (Lipinski definition) is 1. The third-order valence-corrected chi connectivity index (χ3v) is 3.82. The SMILES string of the molecule is CCc1ccc(OCC(=O)NC(C)CCc2ccccc2)cc1. The summed E-state index contributed by atoms with van der Waals surface area (Å²) in [5, 5.41) is 2.98. The van der Waals surface area contributed by atoms with Crippen LogP contribution in [0.3, 0.4) is 0 Å². The summed E-state index contributed by atoms with van der Waals surface area (Å²) < 4.78 is 5.52. The quantitative estimate of drug-likeness (QED) is 0.806. The van der Waals surface area contributed by atoms with Crippen LogP contribution in [0.4, 0.5) is 0 Å². The van der Waals surface area contributed by atoms with E-state index in [1.165, 1.54) is 11.1 Å². The first-order valence-electron chi connectivity index (χ1n) is 8.22. The van der Waals surface area contributed by atoms with Crippen molar-refractivity contribution >= 4 is 5.91 Å². The van der Waals surface area contributed by atoms with Gasteiger partial charge in [0.05, 0.1) is 0 Å². The molecule has 0 spiro atoms. The molecule has 0 fully saturated rings. The summed E-state index contributed by atoms with van der Waals surface area (Å²) in [5.41, 5.74) is 2.55. The fraction of sp³-hybridized carbons (Fsp3) is 0.350. The second-order valence-corrected chi connectivity index (χ2v) is 5.78. The molecule has 2 aromatic carbocycles. The van der Waals surface area contributed by atoms with Crippen LogP contribution in [-0.4, -0.2) is 18.6 Å². The second-order valence-electron chi connectivity index (χ2n) is 5.78. The number of nitrogens with one attached hydrogen (secondary N) is 1. The molecule has 0 saturated carbocycles. The average Bonchev–Trinajstić information content (AvgIpc) is 2.59. The van der Waals surface area contributed by atoms with E-state index < -0.39 is 0 Å². The van der Waals surface area contributed by atoms with Gasteiger partial charge in [-0.2, -0.15) is 0 Å². The molecule has 0 radical (unpaired) electrons. The van der Waals surface area contributed by atoms with Crippen LogP contribution in [0.2, 0.25) is 0 Å². The minimum atomic E-state index is -0.0786. The molecule has 1 unspecified atom stereocenters. The molecule has 2 aromatic rings. The van der Waals surface area contributed by atoms with E-state index in [-0.39, 0.29) is 18.6 Å². The van der Waals surface area contributed by atoms with Gasteiger partial charge >= 0.3 is 0 Å². The molecule has 1 N–H and O–H groups in total. The number of rotatable bonds is 8. The summed E-state index contributed by atoms with van der Waals surface area (Å²) >= 11 is 0. The van der Waals surface area contributed by atoms with E-state index in [9.17, 15) is 4.79 Å². The van der Waals surface area contributed by atoms with E-state index in [0.717, 1.165) is 25.0 Å². The fourth-order valence-electron chi connectivity index (χ4n) is 2.39. The Morgan fingerprint density at radius 3 is 2.39 bits per heavy atom. The number of benzene rings is 2. The highest BCUT2D eigenvalue weighted by Gasteiger charge is 2.08. The maximum absolute atomic E-state index is 11.9. The molecule has 3 heteroatoms. The van der Waals surface area contributed by atoms with Gasteiger partial charge in [0.1, 0.15) is 5.75 Å². The zero-order valence-electron chi connectivity index (χ0n) is 13.9. The van der Waals surface area contributed by atoms with Gasteiger partial charge in [0.2, 0.25) is 0 Å². The highest BCUT2D eigenvalue weighted by molar-refractivity contribution is 5.77. The lowest BCUT2D eigenvalue weighted by Gasteiger charge is -2.14. The van der Waals surface area contributed by atoms with Crippen LogP contribution in [0.15, 0.2) is 54.6 Å². The Balaban J connectivity index is 1.69. The molecule has 23 heavy (non-hydrogen) atoms. The lowest BCUT2D eigenvalue weighted by Crippen LogP contribution is -2.36. The molecule has 2 rings (SSSR count). The van der Waals surface area contributed by atoms with Crippen LogP contribution in [0, 0.1) is 0 Å². The normalized spacial score (nSPS) is 11.7. The monoisotopic (exact) mass is 311 g/mol. The molecule has 0 aliphatic carbocycles. The van der Waals surface area contributed by atoms with Crippen LogP contribution in [0.1, 0.15) is 31.4 Å². The molecule has 0 bridgehead atoms. The molecule has 0 aliphatic rings. The Kier molecular flexibility index (Phi) is 6.67. The van der Waals surface area contributed by atoms with Gasteiger partial charge in [-0.05, 0) is 49.4 Å². The first-order chi connectivity index (χ1) is 11.2. The van der Waals surface area contributed by atoms with Gasteiger partial charge in [0, 0.05) is 6.04 Å². The van der Waals surface area contributed by atoms with E-state index in [1.807, 2.05) is 49.4 Å². The number of aryl methyl sites for hydroxylation is 2. The van der Waals surface area contributed by atoms with Crippen molar-refractivity contribution in [2.24, 2.45) is 0 Å². The van der Waals surface area contributed by atoms with Crippen LogP contribution in [0.5, 0.6) is 5.75 Å². The Morgan fingerprint density at radius 2 is 1.74 bits per heavy atom. The summed E-state index contributed by atoms with van der Waals surface area (Å²) in [7, 11) is 0. The number of hydrogen-bond acceptors (Lipinski definition) is 2. The molecule has 0 saturated heterocycles. The number of carbonyl (C=O) groups is 1. The zero-order valence-corrected chi connectivity index (χ0v) is 13.9. The summed E-state index contributed by atoms with van der Waals surface area (Å²) in [6.07, 6.45) is 2.88. The van der Waals surface area contributed by atoms with E-state index in [1.54, 1.807) is 0 Å². The maximum Gasteiger partial charge on any atom is 0.258 e. The predicted octanol–water partition coefficient (Wildman–Crippen LogP) is 3.77. The molecule has 1 atom stereocenters. The van der Waals surface area contributed by atoms with E-state index in [0.29, 0.717) is 0 Å². The molecular formula is C20H25NO2. The van der Waals surface area contributed by atoms with E-state index in [4.69, 9.17) is 4.74 Å². The van der Waals surface area contributed by atoms with Crippen LogP contribution >= 0.6 is 0 Å². The van der Waals surface area contributed by atoms with E-state index in [2.05, 4.69) is 24.4 Å². The molecule has 122 valence electrons. The Bertz CT molecular complexity index is 593. The summed E-state index contributed by atoms with van der Waals surface area (Å²) in [4.78, 5) is 11.9. The first kappa shape index (κ1) is 17.1. The minimum absolute atomic E-state index is 0.0567. The second kappa shape index (κ2) is 8.99. The molecule has 0 aliphatic heterocycles. The van der Waals surface area contributed by atoms with Crippen molar-refractivity contribution in [3.8, 4) is 5.75 Å². The third-order valence-electron chi connectivity index (χ3n) is 3.82. The van der Waals surface area contributed by atoms with Gasteiger partial charge in [0.15, 0.2) is 6.61 Å². The summed E-state index contributed by atoms with van der Waals surface area (Å²) in [5.74, 6) is 0.652. The van der Waals surface area contributed by atoms with Gasteiger partial charge < -0.3 is 10.1 Å². The lowest BCUT2D eigenvalue weighted by atomic mass is 10.1. The largest absolute Gasteiger partial charge is 0.484 e. The van der Waals surface area contributed by atoms with Crippen LogP contribution in [0.25, 0.3) is 0 Å². The van der Waals surface area contributed by atoms with Crippen molar-refractivity contribution in [1.29, 1.82) is 0 Å². The number of ether oxygens (including phenoxy) is 1.